The fourth-order valence-electron chi connectivity index (χ4n) is 2.26. The van der Waals surface area contributed by atoms with Crippen molar-refractivity contribution in [2.45, 2.75) is 26.3 Å². The predicted molar refractivity (Wildman–Crippen MR) is 111 cm³/mol. The van der Waals surface area contributed by atoms with Gasteiger partial charge in [0, 0.05) is 13.1 Å². The molecule has 0 aliphatic rings. The van der Waals surface area contributed by atoms with Crippen LogP contribution in [0.2, 0.25) is 0 Å². The zero-order valence-corrected chi connectivity index (χ0v) is 16.7. The molecule has 4 nitrogen and oxygen atoms in total. The Hall–Kier alpha value is -1.83. The first-order chi connectivity index (χ1) is 11.7. The molecule has 136 valence electrons. The van der Waals surface area contributed by atoms with Gasteiger partial charge in [-0.05, 0) is 55.2 Å². The number of aliphatic imine (C=N–C) groups is 1. The standard InChI is InChI=1S/C19H24FN3O.HI/c1-2-21-19(23-14-16-5-9-17(20)10-6-16)22-13-3-4-15-7-11-18(24)12-8-15;/h5-12,24H,2-4,13-14H2,1H3,(H2,21,22,23);1H. The summed E-state index contributed by atoms with van der Waals surface area (Å²) < 4.78 is 12.9. The van der Waals surface area contributed by atoms with E-state index in [1.807, 2.05) is 19.1 Å². The molecule has 0 aromatic heterocycles. The summed E-state index contributed by atoms with van der Waals surface area (Å²) in [5.74, 6) is 0.814. The van der Waals surface area contributed by atoms with Crippen molar-refractivity contribution in [3.63, 3.8) is 0 Å². The second-order valence-corrected chi connectivity index (χ2v) is 5.52. The number of rotatable bonds is 7. The summed E-state index contributed by atoms with van der Waals surface area (Å²) >= 11 is 0. The zero-order chi connectivity index (χ0) is 17.2. The molecule has 0 aliphatic heterocycles. The van der Waals surface area contributed by atoms with Gasteiger partial charge in [0.25, 0.3) is 0 Å². The highest BCUT2D eigenvalue weighted by molar-refractivity contribution is 14.0. The molecule has 2 rings (SSSR count). The summed E-state index contributed by atoms with van der Waals surface area (Å²) in [6, 6.07) is 13.7. The number of halogens is 2. The number of nitrogens with one attached hydrogen (secondary N) is 2. The Kier molecular flexibility index (Phi) is 9.91. The van der Waals surface area contributed by atoms with Crippen LogP contribution >= 0.6 is 24.0 Å². The van der Waals surface area contributed by atoms with Gasteiger partial charge < -0.3 is 15.7 Å². The van der Waals surface area contributed by atoms with Gasteiger partial charge in [-0.1, -0.05) is 24.3 Å². The van der Waals surface area contributed by atoms with Gasteiger partial charge in [0.05, 0.1) is 6.54 Å². The first kappa shape index (κ1) is 21.2. The van der Waals surface area contributed by atoms with Crippen molar-refractivity contribution in [1.29, 1.82) is 0 Å². The number of phenolic OH excluding ortho intramolecular Hbond substituents is 1. The third-order valence-corrected chi connectivity index (χ3v) is 3.55. The number of aromatic hydroxyl groups is 1. The molecule has 2 aromatic rings. The number of benzene rings is 2. The number of nitrogens with zero attached hydrogens (tertiary/aromatic N) is 1. The molecule has 0 aliphatic carbocycles. The molecule has 6 heteroatoms. The molecule has 0 bridgehead atoms. The van der Waals surface area contributed by atoms with E-state index in [0.717, 1.165) is 37.5 Å². The van der Waals surface area contributed by atoms with E-state index in [9.17, 15) is 9.50 Å². The minimum atomic E-state index is -0.234. The van der Waals surface area contributed by atoms with Crippen molar-refractivity contribution in [2.75, 3.05) is 13.1 Å². The van der Waals surface area contributed by atoms with Crippen LogP contribution in [-0.4, -0.2) is 24.2 Å². The Bertz CT molecular complexity index is 645. The van der Waals surface area contributed by atoms with Crippen molar-refractivity contribution >= 4 is 29.9 Å². The molecule has 0 fully saturated rings. The fraction of sp³-hybridized carbons (Fsp3) is 0.316. The van der Waals surface area contributed by atoms with Crippen LogP contribution in [0.1, 0.15) is 24.5 Å². The summed E-state index contributed by atoms with van der Waals surface area (Å²) in [7, 11) is 0. The summed E-state index contributed by atoms with van der Waals surface area (Å²) in [6.45, 7) is 4.11. The van der Waals surface area contributed by atoms with Crippen molar-refractivity contribution in [3.05, 3.63) is 65.5 Å². The van der Waals surface area contributed by atoms with Gasteiger partial charge in [0.1, 0.15) is 11.6 Å². The second kappa shape index (κ2) is 11.7. The molecular weight excluding hydrogens is 432 g/mol. The molecule has 25 heavy (non-hydrogen) atoms. The average molecular weight is 457 g/mol. The lowest BCUT2D eigenvalue weighted by atomic mass is 10.1. The number of hydrogen-bond acceptors (Lipinski definition) is 2. The number of hydrogen-bond donors (Lipinski definition) is 3. The second-order valence-electron chi connectivity index (χ2n) is 5.52. The van der Waals surface area contributed by atoms with Gasteiger partial charge in [-0.25, -0.2) is 9.38 Å². The lowest BCUT2D eigenvalue weighted by Crippen LogP contribution is -2.37. The highest BCUT2D eigenvalue weighted by Gasteiger charge is 1.99. The number of aryl methyl sites for hydroxylation is 1. The molecule has 0 amide bonds. The number of phenols is 1. The Balaban J connectivity index is 0.00000312. The fourth-order valence-corrected chi connectivity index (χ4v) is 2.26. The molecule has 0 atom stereocenters. The topological polar surface area (TPSA) is 56.7 Å². The maximum atomic E-state index is 12.9. The van der Waals surface area contributed by atoms with Crippen molar-refractivity contribution in [1.82, 2.24) is 10.6 Å². The van der Waals surface area contributed by atoms with Gasteiger partial charge in [0.15, 0.2) is 5.96 Å². The van der Waals surface area contributed by atoms with E-state index in [1.165, 1.54) is 17.7 Å². The zero-order valence-electron chi connectivity index (χ0n) is 14.3. The smallest absolute Gasteiger partial charge is 0.191 e. The van der Waals surface area contributed by atoms with Gasteiger partial charge in [-0.15, -0.1) is 24.0 Å². The SMILES string of the molecule is CCNC(=NCc1ccc(F)cc1)NCCCc1ccc(O)cc1.I. The Morgan fingerprint density at radius 3 is 2.28 bits per heavy atom. The van der Waals surface area contributed by atoms with E-state index in [-0.39, 0.29) is 29.8 Å². The van der Waals surface area contributed by atoms with Crippen molar-refractivity contribution < 1.29 is 9.50 Å². The van der Waals surface area contributed by atoms with E-state index >= 15 is 0 Å². The molecule has 0 saturated heterocycles. The molecule has 0 radical (unpaired) electrons. The van der Waals surface area contributed by atoms with Crippen LogP contribution in [0.5, 0.6) is 5.75 Å². The monoisotopic (exact) mass is 457 g/mol. The minimum absolute atomic E-state index is 0. The van der Waals surface area contributed by atoms with Crippen LogP contribution in [0.25, 0.3) is 0 Å². The molecule has 0 saturated carbocycles. The number of guanidine groups is 1. The molecule has 0 heterocycles. The summed E-state index contributed by atoms with van der Waals surface area (Å²) in [6.07, 6.45) is 1.90. The quantitative estimate of drug-likeness (QED) is 0.256. The van der Waals surface area contributed by atoms with Crippen molar-refractivity contribution in [2.24, 2.45) is 4.99 Å². The average Bonchev–Trinajstić information content (AvgIpc) is 2.59. The highest BCUT2D eigenvalue weighted by Crippen LogP contribution is 2.10. The van der Waals surface area contributed by atoms with E-state index in [1.54, 1.807) is 24.3 Å². The third kappa shape index (κ3) is 8.20. The van der Waals surface area contributed by atoms with Gasteiger partial charge in [-0.3, -0.25) is 0 Å². The van der Waals surface area contributed by atoms with E-state index in [0.29, 0.717) is 12.3 Å². The van der Waals surface area contributed by atoms with Crippen LogP contribution in [0, 0.1) is 5.82 Å². The van der Waals surface area contributed by atoms with Crippen LogP contribution in [0.15, 0.2) is 53.5 Å². The van der Waals surface area contributed by atoms with Crippen LogP contribution in [-0.2, 0) is 13.0 Å². The Morgan fingerprint density at radius 2 is 1.64 bits per heavy atom. The lowest BCUT2D eigenvalue weighted by molar-refractivity contribution is 0.475. The van der Waals surface area contributed by atoms with Crippen LogP contribution in [0.4, 0.5) is 4.39 Å². The molecular formula is C19H25FIN3O. The molecule has 2 aromatic carbocycles. The third-order valence-electron chi connectivity index (χ3n) is 3.55. The maximum absolute atomic E-state index is 12.9. The maximum Gasteiger partial charge on any atom is 0.191 e. The van der Waals surface area contributed by atoms with Crippen molar-refractivity contribution in [3.8, 4) is 5.75 Å². The van der Waals surface area contributed by atoms with Crippen LogP contribution < -0.4 is 10.6 Å². The van der Waals surface area contributed by atoms with E-state index in [2.05, 4.69) is 15.6 Å². The molecule has 0 unspecified atom stereocenters. The predicted octanol–water partition coefficient (Wildman–Crippen LogP) is 3.84. The molecule has 0 spiro atoms. The largest absolute Gasteiger partial charge is 0.508 e. The molecule has 3 N–H and O–H groups in total. The van der Waals surface area contributed by atoms with Gasteiger partial charge in [-0.2, -0.15) is 0 Å². The summed E-state index contributed by atoms with van der Waals surface area (Å²) in [5.41, 5.74) is 2.17. The summed E-state index contributed by atoms with van der Waals surface area (Å²) in [5, 5.41) is 15.8. The van der Waals surface area contributed by atoms with Gasteiger partial charge in [0.2, 0.25) is 0 Å². The van der Waals surface area contributed by atoms with E-state index < -0.39 is 0 Å². The van der Waals surface area contributed by atoms with Crippen LogP contribution in [0.3, 0.4) is 0 Å². The highest BCUT2D eigenvalue weighted by atomic mass is 127. The lowest BCUT2D eigenvalue weighted by Gasteiger charge is -2.11. The van der Waals surface area contributed by atoms with E-state index in [4.69, 9.17) is 0 Å². The normalized spacial score (nSPS) is 10.9. The van der Waals surface area contributed by atoms with Gasteiger partial charge >= 0.3 is 0 Å². The summed E-state index contributed by atoms with van der Waals surface area (Å²) in [4.78, 5) is 4.51. The minimum Gasteiger partial charge on any atom is -0.508 e. The first-order valence-electron chi connectivity index (χ1n) is 8.22. The Morgan fingerprint density at radius 1 is 1.00 bits per heavy atom. The Labute approximate surface area is 165 Å². The first-order valence-corrected chi connectivity index (χ1v) is 8.22.